The molecule has 0 saturated heterocycles. The normalized spacial score (nSPS) is 10.6. The summed E-state index contributed by atoms with van der Waals surface area (Å²) < 4.78 is 16.4. The number of esters is 1. The highest BCUT2D eigenvalue weighted by Gasteiger charge is 2.10. The molecule has 5 nitrogen and oxygen atoms in total. The van der Waals surface area contributed by atoms with Crippen molar-refractivity contribution in [3.63, 3.8) is 0 Å². The van der Waals surface area contributed by atoms with Crippen molar-refractivity contribution in [2.24, 2.45) is 0 Å². The fourth-order valence-corrected chi connectivity index (χ4v) is 2.66. The van der Waals surface area contributed by atoms with Gasteiger partial charge in [0.15, 0.2) is 6.61 Å². The van der Waals surface area contributed by atoms with Crippen molar-refractivity contribution in [1.82, 2.24) is 0 Å². The van der Waals surface area contributed by atoms with Crippen molar-refractivity contribution in [3.8, 4) is 5.75 Å². The monoisotopic (exact) mass is 422 g/mol. The molecule has 2 aromatic carbocycles. The molecule has 25 heavy (non-hydrogen) atoms. The molecule has 0 amide bonds. The molecule has 0 unspecified atom stereocenters. The van der Waals surface area contributed by atoms with Crippen LogP contribution in [0.15, 0.2) is 62.2 Å². The molecule has 0 radical (unpaired) electrons. The summed E-state index contributed by atoms with van der Waals surface area (Å²) in [6.07, 6.45) is 0. The first-order valence-corrected chi connectivity index (χ1v) is 8.44. The van der Waals surface area contributed by atoms with Crippen LogP contribution in [0, 0.1) is 0 Å². The summed E-state index contributed by atoms with van der Waals surface area (Å²) in [5, 5.41) is 1.28. The fraction of sp³-hybridized carbons (Fsp3) is 0.111. The van der Waals surface area contributed by atoms with Gasteiger partial charge in [-0.2, -0.15) is 0 Å². The molecule has 0 spiro atoms. The van der Waals surface area contributed by atoms with Crippen molar-refractivity contribution >= 4 is 44.5 Å². The summed E-state index contributed by atoms with van der Waals surface area (Å²) >= 11 is 9.10. The van der Waals surface area contributed by atoms with Gasteiger partial charge >= 0.3 is 11.6 Å². The van der Waals surface area contributed by atoms with Crippen molar-refractivity contribution < 1.29 is 18.7 Å². The number of carbonyl (C=O) groups is 1. The van der Waals surface area contributed by atoms with Crippen LogP contribution in [0.2, 0.25) is 5.02 Å². The topological polar surface area (TPSA) is 65.7 Å². The van der Waals surface area contributed by atoms with Gasteiger partial charge < -0.3 is 13.9 Å². The third kappa shape index (κ3) is 4.61. The Kier molecular flexibility index (Phi) is 5.40. The quantitative estimate of drug-likeness (QED) is 0.451. The van der Waals surface area contributed by atoms with Gasteiger partial charge in [-0.15, -0.1) is 0 Å². The Morgan fingerprint density at radius 1 is 1.12 bits per heavy atom. The zero-order valence-corrected chi connectivity index (χ0v) is 15.2. The van der Waals surface area contributed by atoms with E-state index in [1.54, 1.807) is 36.4 Å². The molecule has 0 aliphatic heterocycles. The zero-order chi connectivity index (χ0) is 17.8. The molecule has 0 bridgehead atoms. The van der Waals surface area contributed by atoms with E-state index in [0.29, 0.717) is 27.3 Å². The number of ether oxygens (including phenoxy) is 2. The predicted molar refractivity (Wildman–Crippen MR) is 96.9 cm³/mol. The van der Waals surface area contributed by atoms with E-state index in [0.717, 1.165) is 4.47 Å². The van der Waals surface area contributed by atoms with E-state index >= 15 is 0 Å². The van der Waals surface area contributed by atoms with E-state index in [4.69, 9.17) is 25.5 Å². The van der Waals surface area contributed by atoms with Crippen molar-refractivity contribution in [3.05, 3.63) is 74.0 Å². The lowest BCUT2D eigenvalue weighted by Crippen LogP contribution is -2.15. The van der Waals surface area contributed by atoms with E-state index < -0.39 is 11.6 Å². The van der Waals surface area contributed by atoms with Gasteiger partial charge in [0.2, 0.25) is 0 Å². The first-order valence-electron chi connectivity index (χ1n) is 7.27. The van der Waals surface area contributed by atoms with Crippen LogP contribution in [0.5, 0.6) is 5.75 Å². The highest BCUT2D eigenvalue weighted by atomic mass is 79.9. The van der Waals surface area contributed by atoms with Gasteiger partial charge in [0.25, 0.3) is 0 Å². The third-order valence-corrected chi connectivity index (χ3v) is 4.10. The maximum atomic E-state index is 11.8. The molecular weight excluding hydrogens is 412 g/mol. The lowest BCUT2D eigenvalue weighted by molar-refractivity contribution is -0.147. The average molecular weight is 424 g/mol. The van der Waals surface area contributed by atoms with Crippen molar-refractivity contribution in [2.45, 2.75) is 6.61 Å². The maximum absolute atomic E-state index is 11.8. The summed E-state index contributed by atoms with van der Waals surface area (Å²) in [7, 11) is 0. The molecule has 0 N–H and O–H groups in total. The Bertz CT molecular complexity index is 965. The first-order chi connectivity index (χ1) is 12.0. The van der Waals surface area contributed by atoms with E-state index in [1.807, 2.05) is 6.07 Å². The Balaban J connectivity index is 1.65. The summed E-state index contributed by atoms with van der Waals surface area (Å²) in [6, 6.07) is 13.2. The molecule has 128 valence electrons. The van der Waals surface area contributed by atoms with Crippen LogP contribution < -0.4 is 10.4 Å². The minimum Gasteiger partial charge on any atom is -0.482 e. The van der Waals surface area contributed by atoms with Crippen LogP contribution >= 0.6 is 27.5 Å². The van der Waals surface area contributed by atoms with E-state index in [2.05, 4.69) is 15.9 Å². The maximum Gasteiger partial charge on any atom is 0.344 e. The molecule has 0 saturated carbocycles. The van der Waals surface area contributed by atoms with Gasteiger partial charge in [0.05, 0.1) is 0 Å². The summed E-state index contributed by atoms with van der Waals surface area (Å²) in [4.78, 5) is 23.5. The zero-order valence-electron chi connectivity index (χ0n) is 12.8. The summed E-state index contributed by atoms with van der Waals surface area (Å²) in [6.45, 7) is -0.293. The number of carbonyl (C=O) groups excluding carboxylic acids is 1. The Labute approximate surface area is 156 Å². The molecular formula is C18H12BrClO5. The molecule has 1 heterocycles. The summed E-state index contributed by atoms with van der Waals surface area (Å²) in [5.74, 6) is -0.0366. The SMILES string of the molecule is O=C(COc1ccc(Cl)cc1)OCc1cc(=O)oc2cc(Br)ccc12. The minimum absolute atomic E-state index is 0.0491. The molecule has 3 rings (SSSR count). The number of hydrogen-bond donors (Lipinski definition) is 0. The number of fused-ring (bicyclic) bond motifs is 1. The predicted octanol–water partition coefficient (Wildman–Crippen LogP) is 4.33. The number of rotatable bonds is 5. The standard InChI is InChI=1S/C18H12BrClO5/c19-12-1-6-15-11(7-17(21)25-16(15)8-12)9-24-18(22)10-23-14-4-2-13(20)3-5-14/h1-8H,9-10H2. The van der Waals surface area contributed by atoms with Gasteiger partial charge in [-0.05, 0) is 42.5 Å². The molecule has 0 atom stereocenters. The molecule has 0 aliphatic rings. The molecule has 7 heteroatoms. The van der Waals surface area contributed by atoms with Crippen LogP contribution in [-0.2, 0) is 16.1 Å². The fourth-order valence-electron chi connectivity index (χ4n) is 2.20. The van der Waals surface area contributed by atoms with Crippen LogP contribution in [0.25, 0.3) is 11.0 Å². The minimum atomic E-state index is -0.548. The lowest BCUT2D eigenvalue weighted by atomic mass is 10.1. The van der Waals surface area contributed by atoms with E-state index in [1.165, 1.54) is 6.07 Å². The van der Waals surface area contributed by atoms with Crippen LogP contribution in [0.4, 0.5) is 0 Å². The van der Waals surface area contributed by atoms with Gasteiger partial charge in [0, 0.05) is 26.5 Å². The van der Waals surface area contributed by atoms with Gasteiger partial charge in [-0.1, -0.05) is 27.5 Å². The average Bonchev–Trinajstić information content (AvgIpc) is 2.58. The van der Waals surface area contributed by atoms with Crippen molar-refractivity contribution in [2.75, 3.05) is 6.61 Å². The van der Waals surface area contributed by atoms with Gasteiger partial charge in [0.1, 0.15) is 17.9 Å². The van der Waals surface area contributed by atoms with Crippen molar-refractivity contribution in [1.29, 1.82) is 0 Å². The van der Waals surface area contributed by atoms with E-state index in [-0.39, 0.29) is 13.2 Å². The smallest absolute Gasteiger partial charge is 0.344 e. The number of benzene rings is 2. The van der Waals surface area contributed by atoms with Gasteiger partial charge in [-0.25, -0.2) is 9.59 Å². The van der Waals surface area contributed by atoms with Crippen LogP contribution in [0.1, 0.15) is 5.56 Å². The third-order valence-electron chi connectivity index (χ3n) is 3.35. The van der Waals surface area contributed by atoms with Crippen LogP contribution in [0.3, 0.4) is 0 Å². The Morgan fingerprint density at radius 2 is 1.88 bits per heavy atom. The molecule has 1 aromatic heterocycles. The summed E-state index contributed by atoms with van der Waals surface area (Å²) in [5.41, 5.74) is 0.484. The number of hydrogen-bond acceptors (Lipinski definition) is 5. The molecule has 0 aliphatic carbocycles. The van der Waals surface area contributed by atoms with Crippen LogP contribution in [-0.4, -0.2) is 12.6 Å². The first kappa shape index (κ1) is 17.5. The van der Waals surface area contributed by atoms with Gasteiger partial charge in [-0.3, -0.25) is 0 Å². The Morgan fingerprint density at radius 3 is 2.64 bits per heavy atom. The largest absolute Gasteiger partial charge is 0.482 e. The lowest BCUT2D eigenvalue weighted by Gasteiger charge is -2.08. The highest BCUT2D eigenvalue weighted by molar-refractivity contribution is 9.10. The second-order valence-electron chi connectivity index (χ2n) is 5.13. The Hall–Kier alpha value is -2.31. The van der Waals surface area contributed by atoms with E-state index in [9.17, 15) is 9.59 Å². The molecule has 3 aromatic rings. The second-order valence-corrected chi connectivity index (χ2v) is 6.49. The second kappa shape index (κ2) is 7.72. The number of halogens is 2. The highest BCUT2D eigenvalue weighted by Crippen LogP contribution is 2.22. The molecule has 0 fully saturated rings.